The standard InChI is InChI=1S/C16H21N3O2S/c1-3-5-19-10-13(11(2)17-19)9-18-6-4-14-12(8-18)7-15(22-14)16(20)21/h7,10H,3-6,8-9H2,1-2H3,(H,20,21). The summed E-state index contributed by atoms with van der Waals surface area (Å²) in [5.74, 6) is -0.817. The highest BCUT2D eigenvalue weighted by molar-refractivity contribution is 7.14. The Morgan fingerprint density at radius 1 is 1.50 bits per heavy atom. The van der Waals surface area contributed by atoms with Crippen molar-refractivity contribution >= 4 is 17.3 Å². The number of carboxylic acid groups (broad SMARTS) is 1. The topological polar surface area (TPSA) is 58.4 Å². The zero-order chi connectivity index (χ0) is 15.7. The lowest BCUT2D eigenvalue weighted by atomic mass is 10.1. The summed E-state index contributed by atoms with van der Waals surface area (Å²) in [6.45, 7) is 7.86. The van der Waals surface area contributed by atoms with E-state index in [1.807, 2.05) is 10.7 Å². The molecular formula is C16H21N3O2S. The van der Waals surface area contributed by atoms with E-state index in [-0.39, 0.29) is 0 Å². The number of carbonyl (C=O) groups is 1. The summed E-state index contributed by atoms with van der Waals surface area (Å²) in [6, 6.07) is 1.84. The quantitative estimate of drug-likeness (QED) is 0.920. The summed E-state index contributed by atoms with van der Waals surface area (Å²) in [5.41, 5.74) is 3.54. The molecule has 0 unspecified atom stereocenters. The lowest BCUT2D eigenvalue weighted by Gasteiger charge is -2.26. The largest absolute Gasteiger partial charge is 0.477 e. The highest BCUT2D eigenvalue weighted by Crippen LogP contribution is 2.29. The summed E-state index contributed by atoms with van der Waals surface area (Å²) in [5, 5.41) is 13.7. The van der Waals surface area contributed by atoms with Crippen LogP contribution in [0.3, 0.4) is 0 Å². The molecule has 0 aliphatic carbocycles. The fraction of sp³-hybridized carbons (Fsp3) is 0.500. The molecule has 1 aliphatic heterocycles. The van der Waals surface area contributed by atoms with Crippen molar-refractivity contribution in [1.82, 2.24) is 14.7 Å². The molecule has 0 atom stereocenters. The third-order valence-corrected chi connectivity index (χ3v) is 5.28. The van der Waals surface area contributed by atoms with Crippen molar-refractivity contribution in [3.8, 4) is 0 Å². The lowest BCUT2D eigenvalue weighted by Crippen LogP contribution is -2.29. The van der Waals surface area contributed by atoms with Crippen molar-refractivity contribution in [2.24, 2.45) is 0 Å². The maximum atomic E-state index is 11.1. The molecule has 1 aliphatic rings. The minimum Gasteiger partial charge on any atom is -0.477 e. The molecule has 0 fully saturated rings. The first kappa shape index (κ1) is 15.2. The van der Waals surface area contributed by atoms with Crippen LogP contribution >= 0.6 is 11.3 Å². The second kappa shape index (κ2) is 6.22. The first-order valence-electron chi connectivity index (χ1n) is 7.67. The van der Waals surface area contributed by atoms with Crippen LogP contribution in [0.1, 0.15) is 44.7 Å². The fourth-order valence-electron chi connectivity index (χ4n) is 2.93. The van der Waals surface area contributed by atoms with E-state index in [0.29, 0.717) is 4.88 Å². The Hall–Kier alpha value is -1.66. The van der Waals surface area contributed by atoms with Crippen LogP contribution in [0.25, 0.3) is 0 Å². The zero-order valence-corrected chi connectivity index (χ0v) is 13.8. The van der Waals surface area contributed by atoms with Gasteiger partial charge in [-0.15, -0.1) is 11.3 Å². The Morgan fingerprint density at radius 3 is 3.05 bits per heavy atom. The van der Waals surface area contributed by atoms with Crippen molar-refractivity contribution in [2.45, 2.75) is 46.3 Å². The number of aromatic carboxylic acids is 1. The third kappa shape index (κ3) is 3.08. The molecule has 0 saturated heterocycles. The Kier molecular flexibility index (Phi) is 4.31. The summed E-state index contributed by atoms with van der Waals surface area (Å²) < 4.78 is 2.02. The minimum absolute atomic E-state index is 0.457. The van der Waals surface area contributed by atoms with E-state index in [1.165, 1.54) is 27.3 Å². The maximum Gasteiger partial charge on any atom is 0.345 e. The molecule has 0 radical (unpaired) electrons. The molecule has 6 heteroatoms. The average Bonchev–Trinajstić information content (AvgIpc) is 3.03. The Morgan fingerprint density at radius 2 is 2.32 bits per heavy atom. The molecule has 1 N–H and O–H groups in total. The van der Waals surface area contributed by atoms with E-state index in [2.05, 4.69) is 30.0 Å². The van der Waals surface area contributed by atoms with Crippen molar-refractivity contribution < 1.29 is 9.90 Å². The molecular weight excluding hydrogens is 298 g/mol. The van der Waals surface area contributed by atoms with Crippen LogP contribution in [0.4, 0.5) is 0 Å². The van der Waals surface area contributed by atoms with Gasteiger partial charge in [0, 0.05) is 42.8 Å². The predicted molar refractivity (Wildman–Crippen MR) is 86.4 cm³/mol. The van der Waals surface area contributed by atoms with E-state index in [4.69, 9.17) is 5.11 Å². The van der Waals surface area contributed by atoms with Crippen molar-refractivity contribution in [2.75, 3.05) is 6.54 Å². The highest BCUT2D eigenvalue weighted by Gasteiger charge is 2.22. The van der Waals surface area contributed by atoms with Gasteiger partial charge in [-0.1, -0.05) is 6.92 Å². The molecule has 118 valence electrons. The zero-order valence-electron chi connectivity index (χ0n) is 13.0. The van der Waals surface area contributed by atoms with Gasteiger partial charge in [0.1, 0.15) is 4.88 Å². The van der Waals surface area contributed by atoms with Crippen LogP contribution in [0.15, 0.2) is 12.3 Å². The summed E-state index contributed by atoms with van der Waals surface area (Å²) >= 11 is 1.42. The molecule has 5 nitrogen and oxygen atoms in total. The second-order valence-electron chi connectivity index (χ2n) is 5.83. The number of rotatable bonds is 5. The van der Waals surface area contributed by atoms with Gasteiger partial charge in [-0.2, -0.15) is 5.10 Å². The first-order valence-corrected chi connectivity index (χ1v) is 8.48. The predicted octanol–water partition coefficient (Wildman–Crippen LogP) is 2.92. The minimum atomic E-state index is -0.817. The van der Waals surface area contributed by atoms with Gasteiger partial charge in [-0.3, -0.25) is 9.58 Å². The van der Waals surface area contributed by atoms with Crippen molar-refractivity contribution in [1.29, 1.82) is 0 Å². The number of aryl methyl sites for hydroxylation is 2. The molecule has 0 saturated carbocycles. The number of hydrogen-bond acceptors (Lipinski definition) is 4. The van der Waals surface area contributed by atoms with Gasteiger partial charge in [-0.05, 0) is 31.4 Å². The number of nitrogens with zero attached hydrogens (tertiary/aromatic N) is 3. The monoisotopic (exact) mass is 319 g/mol. The number of fused-ring (bicyclic) bond motifs is 1. The van der Waals surface area contributed by atoms with Crippen LogP contribution in [-0.2, 0) is 26.1 Å². The van der Waals surface area contributed by atoms with Gasteiger partial charge in [0.25, 0.3) is 0 Å². The number of hydrogen-bond donors (Lipinski definition) is 1. The number of carboxylic acids is 1. The van der Waals surface area contributed by atoms with E-state index < -0.39 is 5.97 Å². The summed E-state index contributed by atoms with van der Waals surface area (Å²) in [7, 11) is 0. The van der Waals surface area contributed by atoms with Crippen LogP contribution in [0.5, 0.6) is 0 Å². The molecule has 2 aromatic rings. The molecule has 22 heavy (non-hydrogen) atoms. The molecule has 0 bridgehead atoms. The first-order chi connectivity index (χ1) is 10.6. The fourth-order valence-corrected chi connectivity index (χ4v) is 3.93. The second-order valence-corrected chi connectivity index (χ2v) is 6.96. The Bertz CT molecular complexity index is 690. The molecule has 0 aromatic carbocycles. The highest BCUT2D eigenvalue weighted by atomic mass is 32.1. The molecule has 0 spiro atoms. The van der Waals surface area contributed by atoms with Gasteiger partial charge in [0.15, 0.2) is 0 Å². The van der Waals surface area contributed by atoms with Crippen molar-refractivity contribution in [3.63, 3.8) is 0 Å². The van der Waals surface area contributed by atoms with Crippen LogP contribution < -0.4 is 0 Å². The molecule has 0 amide bonds. The van der Waals surface area contributed by atoms with Gasteiger partial charge in [0.2, 0.25) is 0 Å². The summed E-state index contributed by atoms with van der Waals surface area (Å²) in [6.07, 6.45) is 4.17. The maximum absolute atomic E-state index is 11.1. The average molecular weight is 319 g/mol. The summed E-state index contributed by atoms with van der Waals surface area (Å²) in [4.78, 5) is 15.1. The third-order valence-electron chi connectivity index (χ3n) is 4.05. The number of thiophene rings is 1. The van der Waals surface area contributed by atoms with Crippen LogP contribution in [0, 0.1) is 6.92 Å². The molecule has 2 aromatic heterocycles. The lowest BCUT2D eigenvalue weighted by molar-refractivity contribution is 0.0702. The van der Waals surface area contributed by atoms with Gasteiger partial charge in [-0.25, -0.2) is 4.79 Å². The molecule has 3 rings (SSSR count). The van der Waals surface area contributed by atoms with Gasteiger partial charge in [0.05, 0.1) is 5.69 Å². The van der Waals surface area contributed by atoms with Crippen LogP contribution in [-0.4, -0.2) is 32.3 Å². The van der Waals surface area contributed by atoms with Gasteiger partial charge >= 0.3 is 5.97 Å². The normalized spacial score (nSPS) is 15.0. The Balaban J connectivity index is 1.71. The smallest absolute Gasteiger partial charge is 0.345 e. The number of aromatic nitrogens is 2. The van der Waals surface area contributed by atoms with E-state index >= 15 is 0 Å². The SMILES string of the molecule is CCCn1cc(CN2CCc3sc(C(=O)O)cc3C2)c(C)n1. The van der Waals surface area contributed by atoms with Crippen LogP contribution in [0.2, 0.25) is 0 Å². The van der Waals surface area contributed by atoms with Gasteiger partial charge < -0.3 is 5.11 Å². The van der Waals surface area contributed by atoms with Crippen molar-refractivity contribution in [3.05, 3.63) is 38.8 Å². The van der Waals surface area contributed by atoms with E-state index in [0.717, 1.165) is 44.7 Å². The van der Waals surface area contributed by atoms with E-state index in [1.54, 1.807) is 0 Å². The Labute approximate surface area is 134 Å². The molecule has 3 heterocycles. The van der Waals surface area contributed by atoms with E-state index in [9.17, 15) is 4.79 Å².